The fourth-order valence-electron chi connectivity index (χ4n) is 3.29. The maximum absolute atomic E-state index is 12.9. The lowest BCUT2D eigenvalue weighted by Gasteiger charge is -2.24. The Kier molecular flexibility index (Phi) is 13.8. The van der Waals surface area contributed by atoms with Gasteiger partial charge in [-0.15, -0.1) is 0 Å². The van der Waals surface area contributed by atoms with Gasteiger partial charge in [-0.05, 0) is 31.2 Å². The number of hydrogen-bond donors (Lipinski definition) is 9. The average Bonchev–Trinajstić information content (AvgIpc) is 2.86. The molecule has 38 heavy (non-hydrogen) atoms. The lowest BCUT2D eigenvalue weighted by Crippen LogP contribution is -2.58. The maximum Gasteiger partial charge on any atom is 0.326 e. The van der Waals surface area contributed by atoms with E-state index in [1.807, 2.05) is 0 Å². The largest absolute Gasteiger partial charge is 0.480 e. The van der Waals surface area contributed by atoms with E-state index in [-0.39, 0.29) is 44.6 Å². The molecular formula is C23H36N8O7. The lowest BCUT2D eigenvalue weighted by molar-refractivity contribution is -0.142. The molecule has 0 fully saturated rings. The Morgan fingerprint density at radius 3 is 1.97 bits per heavy atom. The number of aliphatic imine (C=N–C) groups is 1. The van der Waals surface area contributed by atoms with Crippen LogP contribution < -0.4 is 38.9 Å². The Morgan fingerprint density at radius 2 is 1.42 bits per heavy atom. The van der Waals surface area contributed by atoms with E-state index < -0.39 is 60.4 Å². The average molecular weight is 537 g/mol. The molecule has 15 heteroatoms. The SMILES string of the molecule is NC(=O)CCC(NC(=O)C(N)Cc1ccccc1)C(=O)NC(CO)C(=O)NC(CCCN=C(N)N)C(=O)O. The van der Waals surface area contributed by atoms with Crippen molar-refractivity contribution < 1.29 is 34.2 Å². The van der Waals surface area contributed by atoms with Crippen molar-refractivity contribution in [1.82, 2.24) is 16.0 Å². The van der Waals surface area contributed by atoms with Gasteiger partial charge in [0.25, 0.3) is 0 Å². The summed E-state index contributed by atoms with van der Waals surface area (Å²) in [5.41, 5.74) is 22.3. The van der Waals surface area contributed by atoms with Crippen LogP contribution in [0.3, 0.4) is 0 Å². The summed E-state index contributed by atoms with van der Waals surface area (Å²) in [7, 11) is 0. The number of amides is 4. The topological polar surface area (TPSA) is 278 Å². The molecular weight excluding hydrogens is 500 g/mol. The van der Waals surface area contributed by atoms with Crippen LogP contribution >= 0.6 is 0 Å². The molecule has 0 heterocycles. The molecule has 4 amide bonds. The van der Waals surface area contributed by atoms with Crippen molar-refractivity contribution in [2.45, 2.75) is 56.3 Å². The van der Waals surface area contributed by atoms with Gasteiger partial charge in [-0.25, -0.2) is 4.79 Å². The zero-order valence-electron chi connectivity index (χ0n) is 20.8. The lowest BCUT2D eigenvalue weighted by atomic mass is 10.0. The summed E-state index contributed by atoms with van der Waals surface area (Å²) in [5.74, 6) is -4.80. The highest BCUT2D eigenvalue weighted by Gasteiger charge is 2.30. The quantitative estimate of drug-likeness (QED) is 0.0535. The highest BCUT2D eigenvalue weighted by molar-refractivity contribution is 5.94. The predicted molar refractivity (Wildman–Crippen MR) is 137 cm³/mol. The van der Waals surface area contributed by atoms with Crippen LogP contribution in [0.1, 0.15) is 31.2 Å². The van der Waals surface area contributed by atoms with E-state index in [1.165, 1.54) is 0 Å². The second-order valence-corrected chi connectivity index (χ2v) is 8.45. The zero-order valence-corrected chi connectivity index (χ0v) is 20.8. The molecule has 0 aromatic heterocycles. The fraction of sp³-hybridized carbons (Fsp3) is 0.478. The van der Waals surface area contributed by atoms with E-state index in [2.05, 4.69) is 20.9 Å². The van der Waals surface area contributed by atoms with Gasteiger partial charge in [0, 0.05) is 13.0 Å². The van der Waals surface area contributed by atoms with Crippen molar-refractivity contribution in [1.29, 1.82) is 0 Å². The number of aliphatic hydroxyl groups excluding tert-OH is 1. The molecule has 0 bridgehead atoms. The molecule has 1 rings (SSSR count). The minimum atomic E-state index is -1.55. The number of carbonyl (C=O) groups is 5. The number of guanidine groups is 1. The van der Waals surface area contributed by atoms with Gasteiger partial charge in [0.15, 0.2) is 5.96 Å². The summed E-state index contributed by atoms with van der Waals surface area (Å²) in [6, 6.07) is 3.70. The van der Waals surface area contributed by atoms with Crippen molar-refractivity contribution in [3.05, 3.63) is 35.9 Å². The Labute approximate surface area is 219 Å². The van der Waals surface area contributed by atoms with E-state index in [9.17, 15) is 34.2 Å². The standard InChI is InChI=1S/C23H36N8O7/c24-14(11-13-5-2-1-3-6-13)19(34)29-15(8-9-18(25)33)20(35)31-17(12-32)21(36)30-16(22(37)38)7-4-10-28-23(26)27/h1-3,5-6,14-17,32H,4,7-12,24H2,(H2,25,33)(H,29,34)(H,30,36)(H,31,35)(H,37,38)(H4,26,27,28). The molecule has 4 unspecified atom stereocenters. The number of carbonyl (C=O) groups excluding carboxylic acids is 4. The number of nitrogens with zero attached hydrogens (tertiary/aromatic N) is 1. The summed E-state index contributed by atoms with van der Waals surface area (Å²) in [4.78, 5) is 64.6. The first-order valence-electron chi connectivity index (χ1n) is 11.8. The van der Waals surface area contributed by atoms with E-state index in [0.717, 1.165) is 5.56 Å². The molecule has 210 valence electrons. The van der Waals surface area contributed by atoms with E-state index in [4.69, 9.17) is 22.9 Å². The molecule has 0 saturated carbocycles. The Balaban J connectivity index is 2.84. The van der Waals surface area contributed by atoms with E-state index in [0.29, 0.717) is 0 Å². The number of hydrogen-bond acceptors (Lipinski definition) is 8. The third-order valence-corrected chi connectivity index (χ3v) is 5.32. The molecule has 0 radical (unpaired) electrons. The first-order valence-corrected chi connectivity index (χ1v) is 11.8. The molecule has 0 aliphatic carbocycles. The molecule has 0 spiro atoms. The number of nitrogens with two attached hydrogens (primary N) is 4. The summed E-state index contributed by atoms with van der Waals surface area (Å²) in [6.07, 6.45) is -0.0823. The van der Waals surface area contributed by atoms with Gasteiger partial charge in [0.05, 0.1) is 12.6 Å². The molecule has 13 N–H and O–H groups in total. The zero-order chi connectivity index (χ0) is 28.7. The van der Waals surface area contributed by atoms with Crippen LogP contribution in [-0.2, 0) is 30.4 Å². The van der Waals surface area contributed by atoms with Crippen LogP contribution in [0, 0.1) is 0 Å². The Morgan fingerprint density at radius 1 is 0.842 bits per heavy atom. The number of aliphatic carboxylic acids is 1. The van der Waals surface area contributed by atoms with Gasteiger partial charge in [0.1, 0.15) is 18.1 Å². The molecule has 0 aliphatic rings. The van der Waals surface area contributed by atoms with E-state index in [1.54, 1.807) is 30.3 Å². The predicted octanol–water partition coefficient (Wildman–Crippen LogP) is -3.59. The van der Waals surface area contributed by atoms with Crippen molar-refractivity contribution in [2.75, 3.05) is 13.2 Å². The van der Waals surface area contributed by atoms with Gasteiger partial charge in [0.2, 0.25) is 23.6 Å². The second kappa shape index (κ2) is 16.5. The summed E-state index contributed by atoms with van der Waals surface area (Å²) < 4.78 is 0. The molecule has 4 atom stereocenters. The third-order valence-electron chi connectivity index (χ3n) is 5.32. The second-order valence-electron chi connectivity index (χ2n) is 8.45. The minimum Gasteiger partial charge on any atom is -0.480 e. The number of nitrogens with one attached hydrogen (secondary N) is 3. The highest BCUT2D eigenvalue weighted by Crippen LogP contribution is 2.05. The Bertz CT molecular complexity index is 985. The van der Waals surface area contributed by atoms with Crippen LogP contribution in [0.25, 0.3) is 0 Å². The molecule has 0 saturated heterocycles. The van der Waals surface area contributed by atoms with Crippen molar-refractivity contribution in [3.8, 4) is 0 Å². The first-order chi connectivity index (χ1) is 17.9. The summed E-state index contributed by atoms with van der Waals surface area (Å²) in [6.45, 7) is -0.738. The number of rotatable bonds is 17. The Hall–Kier alpha value is -4.24. The highest BCUT2D eigenvalue weighted by atomic mass is 16.4. The first kappa shape index (κ1) is 31.8. The monoisotopic (exact) mass is 536 g/mol. The summed E-state index contributed by atoms with van der Waals surface area (Å²) in [5, 5.41) is 26.0. The van der Waals surface area contributed by atoms with Crippen LogP contribution in [-0.4, -0.2) is 83.1 Å². The number of carboxylic acids is 1. The summed E-state index contributed by atoms with van der Waals surface area (Å²) >= 11 is 0. The van der Waals surface area contributed by atoms with Gasteiger partial charge in [-0.3, -0.25) is 24.2 Å². The number of carboxylic acid groups (broad SMARTS) is 1. The molecule has 15 nitrogen and oxygen atoms in total. The van der Waals surface area contributed by atoms with Gasteiger partial charge in [-0.2, -0.15) is 0 Å². The van der Waals surface area contributed by atoms with Gasteiger partial charge >= 0.3 is 5.97 Å². The van der Waals surface area contributed by atoms with Crippen LogP contribution in [0.4, 0.5) is 0 Å². The van der Waals surface area contributed by atoms with Crippen molar-refractivity contribution in [3.63, 3.8) is 0 Å². The van der Waals surface area contributed by atoms with Crippen LogP contribution in [0.15, 0.2) is 35.3 Å². The molecule has 0 aliphatic heterocycles. The number of aliphatic hydroxyl groups is 1. The fourth-order valence-corrected chi connectivity index (χ4v) is 3.29. The molecule has 1 aromatic rings. The maximum atomic E-state index is 12.9. The molecule has 1 aromatic carbocycles. The van der Waals surface area contributed by atoms with Crippen LogP contribution in [0.5, 0.6) is 0 Å². The number of primary amides is 1. The van der Waals surface area contributed by atoms with Crippen LogP contribution in [0.2, 0.25) is 0 Å². The van der Waals surface area contributed by atoms with Gasteiger partial charge in [-0.1, -0.05) is 30.3 Å². The van der Waals surface area contributed by atoms with Crippen molar-refractivity contribution in [2.24, 2.45) is 27.9 Å². The third kappa shape index (κ3) is 12.1. The number of benzene rings is 1. The van der Waals surface area contributed by atoms with Gasteiger partial charge < -0.3 is 49.1 Å². The normalized spacial score (nSPS) is 13.7. The van der Waals surface area contributed by atoms with Crippen molar-refractivity contribution >= 4 is 35.6 Å². The van der Waals surface area contributed by atoms with E-state index >= 15 is 0 Å². The smallest absolute Gasteiger partial charge is 0.326 e. The minimum absolute atomic E-state index is 0.0272.